The highest BCUT2D eigenvalue weighted by Gasteiger charge is 2.24. The summed E-state index contributed by atoms with van der Waals surface area (Å²) in [5, 5.41) is 0. The van der Waals surface area contributed by atoms with Crippen LogP contribution in [-0.4, -0.2) is 36.4 Å². The second kappa shape index (κ2) is 10.4. The van der Waals surface area contributed by atoms with Crippen LogP contribution in [0.1, 0.15) is 41.8 Å². The van der Waals surface area contributed by atoms with Gasteiger partial charge in [0, 0.05) is 24.7 Å². The van der Waals surface area contributed by atoms with Crippen molar-refractivity contribution in [3.05, 3.63) is 58.9 Å². The maximum Gasteiger partial charge on any atom is 0.310 e. The summed E-state index contributed by atoms with van der Waals surface area (Å²) >= 11 is 0. The van der Waals surface area contributed by atoms with Crippen LogP contribution in [0.4, 0.5) is 0 Å². The van der Waals surface area contributed by atoms with Crippen molar-refractivity contribution < 1.29 is 23.9 Å². The van der Waals surface area contributed by atoms with E-state index in [1.807, 2.05) is 30.3 Å². The minimum atomic E-state index is -0.906. The number of benzene rings is 1. The zero-order valence-corrected chi connectivity index (χ0v) is 16.2. The summed E-state index contributed by atoms with van der Waals surface area (Å²) < 4.78 is 9.71. The third-order valence-electron chi connectivity index (χ3n) is 4.45. The van der Waals surface area contributed by atoms with Gasteiger partial charge < -0.3 is 20.2 Å². The van der Waals surface area contributed by atoms with Gasteiger partial charge in [-0.25, -0.2) is 0 Å². The number of hydrogen-bond acceptors (Lipinski definition) is 6. The van der Waals surface area contributed by atoms with Crippen LogP contribution in [0, 0.1) is 0 Å². The molecule has 3 N–H and O–H groups in total. The SMILES string of the molecule is CCOC(=O)CCc1c[nH]c(C(N)C(=O)Cc2ccccc2)c1CC(=O)OC. The number of esters is 2. The molecule has 150 valence electrons. The van der Waals surface area contributed by atoms with E-state index in [0.29, 0.717) is 24.3 Å². The number of ether oxygens (including phenoxy) is 2. The van der Waals surface area contributed by atoms with Gasteiger partial charge in [0.05, 0.1) is 20.1 Å². The quantitative estimate of drug-likeness (QED) is 0.605. The predicted octanol–water partition coefficient (Wildman–Crippen LogP) is 2.04. The van der Waals surface area contributed by atoms with Gasteiger partial charge in [-0.15, -0.1) is 0 Å². The van der Waals surface area contributed by atoms with Gasteiger partial charge in [0.15, 0.2) is 5.78 Å². The lowest BCUT2D eigenvalue weighted by atomic mass is 9.96. The first-order valence-electron chi connectivity index (χ1n) is 9.19. The van der Waals surface area contributed by atoms with Crippen LogP contribution >= 0.6 is 0 Å². The number of nitrogens with two attached hydrogens (primary N) is 1. The topological polar surface area (TPSA) is 111 Å². The molecule has 28 heavy (non-hydrogen) atoms. The number of Topliss-reactive ketones (excluding diaryl/α,β-unsaturated/α-hetero) is 1. The summed E-state index contributed by atoms with van der Waals surface area (Å²) in [5.41, 5.74) is 8.89. The molecule has 0 spiro atoms. The number of carbonyl (C=O) groups excluding carboxylic acids is 3. The first-order chi connectivity index (χ1) is 13.5. The van der Waals surface area contributed by atoms with Crippen LogP contribution in [0.5, 0.6) is 0 Å². The van der Waals surface area contributed by atoms with E-state index in [0.717, 1.165) is 11.1 Å². The van der Waals surface area contributed by atoms with E-state index in [2.05, 4.69) is 4.98 Å². The number of aromatic amines is 1. The van der Waals surface area contributed by atoms with Gasteiger partial charge in [0.1, 0.15) is 6.04 Å². The summed E-state index contributed by atoms with van der Waals surface area (Å²) in [6.45, 7) is 2.05. The normalized spacial score (nSPS) is 11.7. The van der Waals surface area contributed by atoms with Crippen LogP contribution in [0.2, 0.25) is 0 Å². The third kappa shape index (κ3) is 5.79. The van der Waals surface area contributed by atoms with E-state index in [1.54, 1.807) is 13.1 Å². The highest BCUT2D eigenvalue weighted by Crippen LogP contribution is 2.23. The number of rotatable bonds is 10. The Kier molecular flexibility index (Phi) is 7.95. The van der Waals surface area contributed by atoms with E-state index in [4.69, 9.17) is 15.2 Å². The molecule has 0 aliphatic heterocycles. The van der Waals surface area contributed by atoms with Gasteiger partial charge in [-0.3, -0.25) is 14.4 Å². The summed E-state index contributed by atoms with van der Waals surface area (Å²) in [4.78, 5) is 39.2. The average Bonchev–Trinajstić information content (AvgIpc) is 3.09. The molecule has 7 heteroatoms. The van der Waals surface area contributed by atoms with Gasteiger partial charge in [0.25, 0.3) is 0 Å². The molecule has 1 unspecified atom stereocenters. The molecule has 7 nitrogen and oxygen atoms in total. The maximum atomic E-state index is 12.6. The van der Waals surface area contributed by atoms with E-state index in [9.17, 15) is 14.4 Å². The molecular weight excluding hydrogens is 360 g/mol. The molecule has 0 bridgehead atoms. The molecular formula is C21H26N2O5. The number of carbonyl (C=O) groups is 3. The predicted molar refractivity (Wildman–Crippen MR) is 104 cm³/mol. The monoisotopic (exact) mass is 386 g/mol. The molecule has 0 saturated heterocycles. The second-order valence-corrected chi connectivity index (χ2v) is 6.37. The van der Waals surface area contributed by atoms with Crippen LogP contribution in [0.15, 0.2) is 36.5 Å². The first kappa shape index (κ1) is 21.4. The van der Waals surface area contributed by atoms with Crippen molar-refractivity contribution in [2.45, 2.75) is 38.6 Å². The van der Waals surface area contributed by atoms with Crippen LogP contribution < -0.4 is 5.73 Å². The Labute approximate surface area is 164 Å². The van der Waals surface area contributed by atoms with Crippen LogP contribution in [0.25, 0.3) is 0 Å². The van der Waals surface area contributed by atoms with E-state index < -0.39 is 12.0 Å². The largest absolute Gasteiger partial charge is 0.469 e. The summed E-state index contributed by atoms with van der Waals surface area (Å²) in [5.74, 6) is -0.934. The number of methoxy groups -OCH3 is 1. The average molecular weight is 386 g/mol. The number of ketones is 1. The van der Waals surface area contributed by atoms with Gasteiger partial charge in [0.2, 0.25) is 0 Å². The summed E-state index contributed by atoms with van der Waals surface area (Å²) in [7, 11) is 1.30. The Morgan fingerprint density at radius 1 is 1.11 bits per heavy atom. The smallest absolute Gasteiger partial charge is 0.310 e. The van der Waals surface area contributed by atoms with E-state index >= 15 is 0 Å². The maximum absolute atomic E-state index is 12.6. The minimum absolute atomic E-state index is 0.0280. The zero-order valence-electron chi connectivity index (χ0n) is 16.2. The molecule has 1 aromatic carbocycles. The zero-order chi connectivity index (χ0) is 20.5. The van der Waals surface area contributed by atoms with Crippen molar-refractivity contribution in [3.63, 3.8) is 0 Å². The number of aryl methyl sites for hydroxylation is 1. The van der Waals surface area contributed by atoms with Crippen LogP contribution in [-0.2, 0) is 43.1 Å². The van der Waals surface area contributed by atoms with Crippen molar-refractivity contribution >= 4 is 17.7 Å². The number of nitrogens with one attached hydrogen (secondary N) is 1. The van der Waals surface area contributed by atoms with E-state index in [1.165, 1.54) is 7.11 Å². The molecule has 0 saturated carbocycles. The van der Waals surface area contributed by atoms with Crippen molar-refractivity contribution in [1.82, 2.24) is 4.98 Å². The Hall–Kier alpha value is -2.93. The third-order valence-corrected chi connectivity index (χ3v) is 4.45. The molecule has 0 radical (unpaired) electrons. The lowest BCUT2D eigenvalue weighted by Crippen LogP contribution is -2.25. The van der Waals surface area contributed by atoms with Crippen molar-refractivity contribution in [2.24, 2.45) is 5.73 Å². The Morgan fingerprint density at radius 2 is 1.82 bits per heavy atom. The van der Waals surface area contributed by atoms with Crippen molar-refractivity contribution in [3.8, 4) is 0 Å². The lowest BCUT2D eigenvalue weighted by Gasteiger charge is -2.13. The van der Waals surface area contributed by atoms with Gasteiger partial charge in [-0.2, -0.15) is 0 Å². The minimum Gasteiger partial charge on any atom is -0.469 e. The van der Waals surface area contributed by atoms with Gasteiger partial charge >= 0.3 is 11.9 Å². The van der Waals surface area contributed by atoms with Gasteiger partial charge in [-0.05, 0) is 30.0 Å². The molecule has 0 aliphatic carbocycles. The molecule has 1 heterocycles. The molecule has 1 atom stereocenters. The Bertz CT molecular complexity index is 813. The fraction of sp³-hybridized carbons (Fsp3) is 0.381. The number of H-pyrrole nitrogens is 1. The molecule has 0 aliphatic rings. The fourth-order valence-electron chi connectivity index (χ4n) is 2.98. The summed E-state index contributed by atoms with van der Waals surface area (Å²) in [6.07, 6.45) is 2.40. The van der Waals surface area contributed by atoms with Crippen LogP contribution in [0.3, 0.4) is 0 Å². The fourth-order valence-corrected chi connectivity index (χ4v) is 2.98. The van der Waals surface area contributed by atoms with Crippen molar-refractivity contribution in [2.75, 3.05) is 13.7 Å². The standard InChI is InChI=1S/C21H26N2O5/c1-3-28-18(25)10-9-15-13-23-21(16(15)12-19(26)27-2)20(22)17(24)11-14-7-5-4-6-8-14/h4-8,13,20,23H,3,9-12,22H2,1-2H3. The van der Waals surface area contributed by atoms with E-state index in [-0.39, 0.29) is 31.0 Å². The highest BCUT2D eigenvalue weighted by atomic mass is 16.5. The summed E-state index contributed by atoms with van der Waals surface area (Å²) in [6, 6.07) is 8.41. The first-order valence-corrected chi connectivity index (χ1v) is 9.19. The molecule has 1 aromatic heterocycles. The second-order valence-electron chi connectivity index (χ2n) is 6.37. The Balaban J connectivity index is 2.20. The lowest BCUT2D eigenvalue weighted by molar-refractivity contribution is -0.143. The number of aromatic nitrogens is 1. The molecule has 2 aromatic rings. The Morgan fingerprint density at radius 3 is 2.46 bits per heavy atom. The molecule has 2 rings (SSSR count). The number of hydrogen-bond donors (Lipinski definition) is 2. The van der Waals surface area contributed by atoms with Crippen molar-refractivity contribution in [1.29, 1.82) is 0 Å². The molecule has 0 amide bonds. The highest BCUT2D eigenvalue weighted by molar-refractivity contribution is 5.87. The molecule has 0 fully saturated rings. The van der Waals surface area contributed by atoms with Gasteiger partial charge in [-0.1, -0.05) is 30.3 Å².